The Bertz CT molecular complexity index is 248. The van der Waals surface area contributed by atoms with Crippen molar-refractivity contribution in [2.45, 2.75) is 39.7 Å². The highest BCUT2D eigenvalue weighted by atomic mass is 16.5. The summed E-state index contributed by atoms with van der Waals surface area (Å²) in [5.41, 5.74) is -0.0371. The van der Waals surface area contributed by atoms with Crippen molar-refractivity contribution in [3.63, 3.8) is 0 Å². The van der Waals surface area contributed by atoms with Crippen molar-refractivity contribution in [2.75, 3.05) is 6.61 Å². The van der Waals surface area contributed by atoms with Crippen molar-refractivity contribution in [1.29, 1.82) is 0 Å². The van der Waals surface area contributed by atoms with Crippen molar-refractivity contribution in [3.8, 4) is 0 Å². The Morgan fingerprint density at radius 3 is 2.71 bits per heavy atom. The molecule has 1 aliphatic heterocycles. The Balaban J connectivity index is 2.71. The highest BCUT2D eigenvalue weighted by molar-refractivity contribution is 5.91. The zero-order valence-electron chi connectivity index (χ0n) is 9.04. The minimum absolute atomic E-state index is 0.0238. The monoisotopic (exact) mass is 198 g/mol. The number of aliphatic hydroxyl groups is 1. The van der Waals surface area contributed by atoms with E-state index in [1.165, 1.54) is 6.08 Å². The van der Waals surface area contributed by atoms with Gasteiger partial charge in [0.15, 0.2) is 5.78 Å². The van der Waals surface area contributed by atoms with E-state index in [1.807, 2.05) is 20.8 Å². The number of rotatable bonds is 2. The summed E-state index contributed by atoms with van der Waals surface area (Å²) in [6.07, 6.45) is 2.30. The van der Waals surface area contributed by atoms with Gasteiger partial charge in [-0.1, -0.05) is 20.8 Å². The SMILES string of the molecule is CC(C)(C)[C@@H]1CC(=O)C=C(CCO)O1. The van der Waals surface area contributed by atoms with E-state index in [-0.39, 0.29) is 23.9 Å². The van der Waals surface area contributed by atoms with Crippen LogP contribution in [-0.2, 0) is 9.53 Å². The topological polar surface area (TPSA) is 46.5 Å². The van der Waals surface area contributed by atoms with Crippen LogP contribution < -0.4 is 0 Å². The fourth-order valence-corrected chi connectivity index (χ4v) is 1.40. The van der Waals surface area contributed by atoms with E-state index in [0.717, 1.165) is 0 Å². The van der Waals surface area contributed by atoms with E-state index in [0.29, 0.717) is 18.6 Å². The molecular weight excluding hydrogens is 180 g/mol. The average molecular weight is 198 g/mol. The van der Waals surface area contributed by atoms with Crippen molar-refractivity contribution in [2.24, 2.45) is 5.41 Å². The van der Waals surface area contributed by atoms with Crippen LogP contribution in [0.5, 0.6) is 0 Å². The standard InChI is InChI=1S/C11H18O3/c1-11(2,3)10-7-8(13)6-9(14-10)4-5-12/h6,10,12H,4-5,7H2,1-3H3/t10-/m0/s1. The maximum atomic E-state index is 11.4. The van der Waals surface area contributed by atoms with Crippen molar-refractivity contribution in [1.82, 2.24) is 0 Å². The molecule has 3 heteroatoms. The van der Waals surface area contributed by atoms with Crippen molar-refractivity contribution in [3.05, 3.63) is 11.8 Å². The molecule has 0 aromatic heterocycles. The van der Waals surface area contributed by atoms with Gasteiger partial charge in [-0.3, -0.25) is 4.79 Å². The molecule has 0 bridgehead atoms. The van der Waals surface area contributed by atoms with Crippen LogP contribution >= 0.6 is 0 Å². The van der Waals surface area contributed by atoms with Crippen LogP contribution in [0.2, 0.25) is 0 Å². The lowest BCUT2D eigenvalue weighted by Crippen LogP contribution is -2.34. The van der Waals surface area contributed by atoms with E-state index in [1.54, 1.807) is 0 Å². The zero-order chi connectivity index (χ0) is 10.8. The first-order chi connectivity index (χ1) is 6.43. The first kappa shape index (κ1) is 11.2. The summed E-state index contributed by atoms with van der Waals surface area (Å²) >= 11 is 0. The Morgan fingerprint density at radius 1 is 1.57 bits per heavy atom. The predicted molar refractivity (Wildman–Crippen MR) is 53.7 cm³/mol. The summed E-state index contributed by atoms with van der Waals surface area (Å²) in [5, 5.41) is 8.76. The van der Waals surface area contributed by atoms with Gasteiger partial charge >= 0.3 is 0 Å². The number of carbonyl (C=O) groups excluding carboxylic acids is 1. The molecule has 80 valence electrons. The molecule has 0 radical (unpaired) electrons. The van der Waals surface area contributed by atoms with Gasteiger partial charge in [0.1, 0.15) is 11.9 Å². The summed E-state index contributed by atoms with van der Waals surface area (Å²) in [7, 11) is 0. The van der Waals surface area contributed by atoms with Gasteiger partial charge in [-0.2, -0.15) is 0 Å². The largest absolute Gasteiger partial charge is 0.494 e. The number of hydrogen-bond acceptors (Lipinski definition) is 3. The quantitative estimate of drug-likeness (QED) is 0.734. The maximum absolute atomic E-state index is 11.4. The fourth-order valence-electron chi connectivity index (χ4n) is 1.40. The second-order valence-corrected chi connectivity index (χ2v) is 4.73. The van der Waals surface area contributed by atoms with Gasteiger partial charge < -0.3 is 9.84 Å². The molecule has 0 saturated heterocycles. The molecule has 0 amide bonds. The van der Waals surface area contributed by atoms with Crippen LogP contribution in [0, 0.1) is 5.41 Å². The normalized spacial score (nSPS) is 23.0. The highest BCUT2D eigenvalue weighted by Crippen LogP contribution is 2.30. The van der Waals surface area contributed by atoms with E-state index >= 15 is 0 Å². The van der Waals surface area contributed by atoms with Gasteiger partial charge in [0.25, 0.3) is 0 Å². The van der Waals surface area contributed by atoms with Gasteiger partial charge in [-0.15, -0.1) is 0 Å². The second kappa shape index (κ2) is 4.13. The molecule has 0 saturated carbocycles. The summed E-state index contributed by atoms with van der Waals surface area (Å²) in [6.45, 7) is 6.17. The molecule has 3 nitrogen and oxygen atoms in total. The summed E-state index contributed by atoms with van der Waals surface area (Å²) in [6, 6.07) is 0. The molecule has 0 unspecified atom stereocenters. The van der Waals surface area contributed by atoms with Crippen LogP contribution in [-0.4, -0.2) is 23.6 Å². The van der Waals surface area contributed by atoms with Crippen LogP contribution in [0.3, 0.4) is 0 Å². The molecule has 14 heavy (non-hydrogen) atoms. The van der Waals surface area contributed by atoms with Gasteiger partial charge in [-0.05, 0) is 5.41 Å². The number of ketones is 1. The molecule has 1 aliphatic rings. The Labute approximate surface area is 84.8 Å². The summed E-state index contributed by atoms with van der Waals surface area (Å²) < 4.78 is 5.64. The van der Waals surface area contributed by atoms with Gasteiger partial charge in [0.05, 0.1) is 6.61 Å². The van der Waals surface area contributed by atoms with E-state index in [2.05, 4.69) is 0 Å². The summed E-state index contributed by atoms with van der Waals surface area (Å²) in [4.78, 5) is 11.4. The summed E-state index contributed by atoms with van der Waals surface area (Å²) in [5.74, 6) is 0.711. The van der Waals surface area contributed by atoms with E-state index in [9.17, 15) is 4.79 Å². The predicted octanol–water partition coefficient (Wildman–Crippen LogP) is 1.66. The average Bonchev–Trinajstić information content (AvgIpc) is 2.02. The van der Waals surface area contributed by atoms with Crippen LogP contribution in [0.1, 0.15) is 33.6 Å². The minimum atomic E-state index is -0.0680. The van der Waals surface area contributed by atoms with Crippen LogP contribution in [0.25, 0.3) is 0 Å². The minimum Gasteiger partial charge on any atom is -0.494 e. The smallest absolute Gasteiger partial charge is 0.162 e. The number of carbonyl (C=O) groups is 1. The molecule has 1 N–H and O–H groups in total. The lowest BCUT2D eigenvalue weighted by atomic mass is 9.85. The molecule has 0 spiro atoms. The number of hydrogen-bond donors (Lipinski definition) is 1. The molecule has 1 atom stereocenters. The lowest BCUT2D eigenvalue weighted by molar-refractivity contribution is -0.121. The van der Waals surface area contributed by atoms with E-state index in [4.69, 9.17) is 9.84 Å². The Kier molecular flexibility index (Phi) is 3.32. The van der Waals surface area contributed by atoms with Crippen molar-refractivity contribution >= 4 is 5.78 Å². The molecule has 0 aliphatic carbocycles. The molecule has 1 heterocycles. The maximum Gasteiger partial charge on any atom is 0.162 e. The van der Waals surface area contributed by atoms with Gasteiger partial charge in [0.2, 0.25) is 0 Å². The molecular formula is C11H18O3. The van der Waals surface area contributed by atoms with E-state index < -0.39 is 0 Å². The third-order valence-electron chi connectivity index (χ3n) is 2.33. The first-order valence-corrected chi connectivity index (χ1v) is 4.94. The Morgan fingerprint density at radius 2 is 2.21 bits per heavy atom. The number of aliphatic hydroxyl groups excluding tert-OH is 1. The van der Waals surface area contributed by atoms with Crippen LogP contribution in [0.4, 0.5) is 0 Å². The second-order valence-electron chi connectivity index (χ2n) is 4.73. The Hall–Kier alpha value is -0.830. The third-order valence-corrected chi connectivity index (χ3v) is 2.33. The molecule has 1 rings (SSSR count). The molecule has 0 aromatic carbocycles. The van der Waals surface area contributed by atoms with Crippen LogP contribution in [0.15, 0.2) is 11.8 Å². The fraction of sp³-hybridized carbons (Fsp3) is 0.727. The highest BCUT2D eigenvalue weighted by Gasteiger charge is 2.31. The van der Waals surface area contributed by atoms with Crippen molar-refractivity contribution < 1.29 is 14.6 Å². The molecule has 0 fully saturated rings. The van der Waals surface area contributed by atoms with Gasteiger partial charge in [-0.25, -0.2) is 0 Å². The van der Waals surface area contributed by atoms with Gasteiger partial charge in [0, 0.05) is 18.9 Å². The number of ether oxygens (including phenoxy) is 1. The lowest BCUT2D eigenvalue weighted by Gasteiger charge is -2.33. The number of allylic oxidation sites excluding steroid dienone is 1. The first-order valence-electron chi connectivity index (χ1n) is 4.94. The molecule has 0 aromatic rings. The zero-order valence-corrected chi connectivity index (χ0v) is 9.04. The third kappa shape index (κ3) is 2.84.